The number of aromatic nitrogens is 3. The lowest BCUT2D eigenvalue weighted by molar-refractivity contribution is -0.155. The molecule has 4 rings (SSSR count). The van der Waals surface area contributed by atoms with E-state index in [0.717, 1.165) is 34.1 Å². The molecular formula is C33H37N7O3. The molecule has 0 spiro atoms. The average molecular weight is 580 g/mol. The topological polar surface area (TPSA) is 139 Å². The molecule has 43 heavy (non-hydrogen) atoms. The van der Waals surface area contributed by atoms with E-state index in [-0.39, 0.29) is 11.8 Å². The van der Waals surface area contributed by atoms with Crippen LogP contribution in [0.25, 0.3) is 33.3 Å². The van der Waals surface area contributed by atoms with E-state index in [1.807, 2.05) is 69.4 Å². The molecule has 0 radical (unpaired) electrons. The molecule has 0 aliphatic carbocycles. The van der Waals surface area contributed by atoms with Crippen molar-refractivity contribution in [3.8, 4) is 28.3 Å². The molecule has 3 N–H and O–H groups in total. The summed E-state index contributed by atoms with van der Waals surface area (Å²) in [4.78, 5) is 36.2. The summed E-state index contributed by atoms with van der Waals surface area (Å²) in [7, 11) is 3.86. The predicted octanol–water partition coefficient (Wildman–Crippen LogP) is 5.13. The monoisotopic (exact) mass is 579 g/mol. The Kier molecular flexibility index (Phi) is 10.0. The maximum Gasteiger partial charge on any atom is 0.325 e. The molecule has 0 aliphatic heterocycles. The van der Waals surface area contributed by atoms with Gasteiger partial charge in [-0.15, -0.1) is 0 Å². The lowest BCUT2D eigenvalue weighted by atomic mass is 10.0. The van der Waals surface area contributed by atoms with Crippen LogP contribution >= 0.6 is 0 Å². The summed E-state index contributed by atoms with van der Waals surface area (Å²) in [6.07, 6.45) is 10.2. The van der Waals surface area contributed by atoms with Crippen molar-refractivity contribution in [2.45, 2.75) is 39.5 Å². The molecule has 222 valence electrons. The number of carbonyl (C=O) groups excluding carboxylic acids is 2. The van der Waals surface area contributed by atoms with E-state index in [4.69, 9.17) is 15.5 Å². The number of amides is 1. The van der Waals surface area contributed by atoms with Crippen LogP contribution < -0.4 is 11.1 Å². The van der Waals surface area contributed by atoms with Gasteiger partial charge in [0.05, 0.1) is 23.5 Å². The van der Waals surface area contributed by atoms with Gasteiger partial charge in [-0.05, 0) is 56.8 Å². The number of likely N-dealkylation sites (N-methyl/N-ethyl adjacent to an activating group) is 1. The molecule has 3 atom stereocenters. The second-order valence-electron chi connectivity index (χ2n) is 10.8. The van der Waals surface area contributed by atoms with E-state index in [9.17, 15) is 14.9 Å². The second kappa shape index (κ2) is 13.9. The molecule has 1 amide bonds. The summed E-state index contributed by atoms with van der Waals surface area (Å²) in [6.45, 7) is 6.32. The molecule has 10 nitrogen and oxygen atoms in total. The number of hydrogen-bond acceptors (Lipinski definition) is 8. The number of hydrogen-bond donors (Lipinski definition) is 2. The van der Waals surface area contributed by atoms with E-state index in [2.05, 4.69) is 16.4 Å². The molecule has 3 heterocycles. The van der Waals surface area contributed by atoms with Crippen molar-refractivity contribution in [1.29, 1.82) is 5.26 Å². The third-order valence-corrected chi connectivity index (χ3v) is 7.26. The Bertz CT molecular complexity index is 1690. The Balaban J connectivity index is 1.73. The van der Waals surface area contributed by atoms with Crippen molar-refractivity contribution in [3.05, 3.63) is 78.9 Å². The third kappa shape index (κ3) is 7.52. The Morgan fingerprint density at radius 1 is 1.14 bits per heavy atom. The van der Waals surface area contributed by atoms with E-state index in [0.29, 0.717) is 23.4 Å². The first kappa shape index (κ1) is 31.1. The predicted molar refractivity (Wildman–Crippen MR) is 168 cm³/mol. The molecule has 0 bridgehead atoms. The first-order chi connectivity index (χ1) is 20.6. The molecule has 0 fully saturated rings. The van der Waals surface area contributed by atoms with E-state index in [1.54, 1.807) is 42.2 Å². The summed E-state index contributed by atoms with van der Waals surface area (Å²) < 4.78 is 7.58. The maximum absolute atomic E-state index is 12.8. The smallest absolute Gasteiger partial charge is 0.325 e. The van der Waals surface area contributed by atoms with Crippen LogP contribution in [0.1, 0.15) is 39.0 Å². The average Bonchev–Trinajstić information content (AvgIpc) is 3.39. The van der Waals surface area contributed by atoms with Crippen LogP contribution in [-0.2, 0) is 14.3 Å². The van der Waals surface area contributed by atoms with Crippen LogP contribution in [0.5, 0.6) is 0 Å². The van der Waals surface area contributed by atoms with E-state index in [1.165, 1.54) is 6.08 Å². The minimum atomic E-state index is -0.732. The van der Waals surface area contributed by atoms with Crippen LogP contribution in [0.2, 0.25) is 0 Å². The SMILES string of the molecule is CCC(C)C(N)C(=O)OC(C)n1cc(-c2cccc(C#N)c2)c2cc(-c3cncc(NC(=O)/C=C/CN(C)C)c3)cnc21. The first-order valence-corrected chi connectivity index (χ1v) is 14.2. The molecule has 0 aliphatic rings. The normalized spacial score (nSPS) is 13.5. The van der Waals surface area contributed by atoms with Gasteiger partial charge in [0, 0.05) is 53.3 Å². The summed E-state index contributed by atoms with van der Waals surface area (Å²) in [6, 6.07) is 12.6. The standard InChI is InChI=1S/C33H37N7O3/c1-6-21(2)31(35)33(42)43-22(3)40-20-29(24-10-7-9-23(13-24)16-34)28-15-26(18-37-32(28)40)25-14-27(19-36-17-25)38-30(41)11-8-12-39(4)5/h7-11,13-15,17-22,31H,6,12,35H2,1-5H3,(H,38,41)/b11-8+. The number of nitrogens with two attached hydrogens (primary N) is 1. The molecule has 4 aromatic rings. The molecule has 0 saturated heterocycles. The van der Waals surface area contributed by atoms with Gasteiger partial charge in [0.25, 0.3) is 0 Å². The van der Waals surface area contributed by atoms with Gasteiger partial charge in [-0.1, -0.05) is 38.5 Å². The largest absolute Gasteiger partial charge is 0.440 e. The van der Waals surface area contributed by atoms with Crippen molar-refractivity contribution in [3.63, 3.8) is 0 Å². The highest BCUT2D eigenvalue weighted by molar-refractivity contribution is 6.00. The van der Waals surface area contributed by atoms with E-state index >= 15 is 0 Å². The Labute approximate surface area is 251 Å². The molecule has 0 saturated carbocycles. The van der Waals surface area contributed by atoms with Crippen molar-refractivity contribution < 1.29 is 14.3 Å². The summed E-state index contributed by atoms with van der Waals surface area (Å²) in [5.74, 6) is -0.744. The van der Waals surface area contributed by atoms with Gasteiger partial charge < -0.3 is 20.7 Å². The number of benzene rings is 1. The zero-order valence-corrected chi connectivity index (χ0v) is 25.1. The van der Waals surface area contributed by atoms with Crippen LogP contribution in [0, 0.1) is 17.2 Å². The second-order valence-corrected chi connectivity index (χ2v) is 10.8. The Morgan fingerprint density at radius 2 is 1.91 bits per heavy atom. The van der Waals surface area contributed by atoms with Crippen molar-refractivity contribution >= 4 is 28.6 Å². The van der Waals surface area contributed by atoms with Crippen LogP contribution in [0.15, 0.2) is 73.3 Å². The van der Waals surface area contributed by atoms with Gasteiger partial charge in [0.1, 0.15) is 11.7 Å². The fourth-order valence-electron chi connectivity index (χ4n) is 4.56. The highest BCUT2D eigenvalue weighted by atomic mass is 16.6. The highest BCUT2D eigenvalue weighted by Crippen LogP contribution is 2.35. The molecular weight excluding hydrogens is 542 g/mol. The summed E-state index contributed by atoms with van der Waals surface area (Å²) >= 11 is 0. The molecule has 10 heteroatoms. The maximum atomic E-state index is 12.8. The molecule has 3 aromatic heterocycles. The third-order valence-electron chi connectivity index (χ3n) is 7.26. The van der Waals surface area contributed by atoms with Crippen LogP contribution in [0.4, 0.5) is 5.69 Å². The molecule has 1 aromatic carbocycles. The van der Waals surface area contributed by atoms with Crippen LogP contribution in [-0.4, -0.2) is 58.0 Å². The molecule has 3 unspecified atom stereocenters. The van der Waals surface area contributed by atoms with Crippen molar-refractivity contribution in [2.24, 2.45) is 11.7 Å². The van der Waals surface area contributed by atoms with Gasteiger partial charge in [0.2, 0.25) is 5.91 Å². The minimum Gasteiger partial charge on any atom is -0.440 e. The number of anilines is 1. The number of nitrogens with one attached hydrogen (secondary N) is 1. The number of fused-ring (bicyclic) bond motifs is 1. The number of ether oxygens (including phenoxy) is 1. The highest BCUT2D eigenvalue weighted by Gasteiger charge is 2.25. The quantitative estimate of drug-likeness (QED) is 0.184. The van der Waals surface area contributed by atoms with Gasteiger partial charge >= 0.3 is 5.97 Å². The number of pyridine rings is 2. The zero-order chi connectivity index (χ0) is 31.1. The fourth-order valence-corrected chi connectivity index (χ4v) is 4.56. The zero-order valence-electron chi connectivity index (χ0n) is 25.1. The summed E-state index contributed by atoms with van der Waals surface area (Å²) in [5, 5.41) is 13.1. The Morgan fingerprint density at radius 3 is 2.63 bits per heavy atom. The summed E-state index contributed by atoms with van der Waals surface area (Å²) in [5.41, 5.74) is 11.0. The van der Waals surface area contributed by atoms with Crippen LogP contribution in [0.3, 0.4) is 0 Å². The fraction of sp³-hybridized carbons (Fsp3) is 0.303. The van der Waals surface area contributed by atoms with Gasteiger partial charge in [-0.3, -0.25) is 19.1 Å². The lowest BCUT2D eigenvalue weighted by Gasteiger charge is -2.21. The number of esters is 1. The minimum absolute atomic E-state index is 0.0192. The first-order valence-electron chi connectivity index (χ1n) is 14.2. The van der Waals surface area contributed by atoms with E-state index < -0.39 is 18.2 Å². The van der Waals surface area contributed by atoms with Gasteiger partial charge in [0.15, 0.2) is 6.23 Å². The Hall–Kier alpha value is -4.85. The van der Waals surface area contributed by atoms with Crippen molar-refractivity contribution in [2.75, 3.05) is 26.0 Å². The lowest BCUT2D eigenvalue weighted by Crippen LogP contribution is -2.38. The van der Waals surface area contributed by atoms with Gasteiger partial charge in [-0.2, -0.15) is 5.26 Å². The number of nitrogens with zero attached hydrogens (tertiary/aromatic N) is 5. The number of rotatable bonds is 11. The van der Waals surface area contributed by atoms with Gasteiger partial charge in [-0.25, -0.2) is 4.98 Å². The number of nitriles is 1. The number of carbonyl (C=O) groups is 2. The van der Waals surface area contributed by atoms with Crippen molar-refractivity contribution in [1.82, 2.24) is 19.4 Å².